The topological polar surface area (TPSA) is 224 Å². The van der Waals surface area contributed by atoms with Crippen molar-refractivity contribution in [2.24, 2.45) is 0 Å². The zero-order valence-electron chi connectivity index (χ0n) is 93.3. The minimum atomic E-state index is -0.653. The van der Waals surface area contributed by atoms with E-state index < -0.39 is 35.8 Å². The first-order chi connectivity index (χ1) is 58.6. The van der Waals surface area contributed by atoms with Crippen LogP contribution in [0.2, 0.25) is 0 Å². The van der Waals surface area contributed by atoms with Gasteiger partial charge in [-0.2, -0.15) is 0 Å². The van der Waals surface area contributed by atoms with E-state index in [-0.39, 0.29) is 369 Å². The maximum absolute atomic E-state index is 10.3. The van der Waals surface area contributed by atoms with Crippen molar-refractivity contribution in [1.82, 2.24) is 0 Å². The van der Waals surface area contributed by atoms with Gasteiger partial charge in [-0.05, 0) is 38.5 Å². The summed E-state index contributed by atoms with van der Waals surface area (Å²) >= 11 is 0. The number of carboxylic acids is 6. The van der Waals surface area contributed by atoms with E-state index in [4.69, 9.17) is 30.6 Å². The molecule has 0 amide bonds. The summed E-state index contributed by atoms with van der Waals surface area (Å²) < 4.78 is 0. The minimum Gasteiger partial charge on any atom is -0.481 e. The van der Waals surface area contributed by atoms with Gasteiger partial charge in [0.05, 0.1) is 0 Å². The van der Waals surface area contributed by atoms with Crippen LogP contribution in [0.25, 0.3) is 0 Å². The Morgan fingerprint density at radius 1 is 0.0956 bits per heavy atom. The SMILES string of the molecule is CCCCCCCCCCCCCCCCCC(=O)O.CCCCCCCCCCCCCCCCCC(=O)O.CCCCCCCCCCCCCCCCCC(=O)O.CCCCCCCCCCCCCCCCCC(=O)O.CCCCCCCCCCCCCCCCCC(=O)O.CCCCCCCCCCCCCCCCCC(=O)O.[Mg+2].[Mg+2].[Mg+2].[Mg+2].[Mg+2].[Mg+2].[Mg+2].[Mg+2].[Mg+2].[Mg+2].[Mg+2].[Mg+2].[Mg+2].[Mg+2].[Mg+2].[Mg+2]. The molecule has 0 aliphatic heterocycles. The minimum absolute atomic E-state index is 0. The number of carbonyl (C=O) groups is 6. The predicted molar refractivity (Wildman–Crippen MR) is 615 cm³/mol. The van der Waals surface area contributed by atoms with Crippen molar-refractivity contribution >= 4 is 405 Å². The average Bonchev–Trinajstić information content (AvgIpc) is 1.11. The molecule has 0 fully saturated rings. The van der Waals surface area contributed by atoms with Crippen molar-refractivity contribution in [3.63, 3.8) is 0 Å². The molecule has 0 spiro atoms. The molecule has 0 bridgehead atoms. The molecule has 0 aliphatic rings. The maximum atomic E-state index is 10.3. The van der Waals surface area contributed by atoms with Gasteiger partial charge in [0.15, 0.2) is 0 Å². The summed E-state index contributed by atoms with van der Waals surface area (Å²) in [4.78, 5) is 62.0. The number of aliphatic carboxylic acids is 6. The Morgan fingerprint density at radius 2 is 0.140 bits per heavy atom. The van der Waals surface area contributed by atoms with Crippen molar-refractivity contribution in [3.05, 3.63) is 0 Å². The summed E-state index contributed by atoms with van der Waals surface area (Å²) in [5.74, 6) is -3.92. The molecule has 0 unspecified atom stereocenters. The molecule has 6 N–H and O–H groups in total. The molecule has 0 saturated carbocycles. The van der Waals surface area contributed by atoms with Crippen molar-refractivity contribution < 1.29 is 59.4 Å². The van der Waals surface area contributed by atoms with Gasteiger partial charge in [-0.15, -0.1) is 0 Å². The summed E-state index contributed by atoms with van der Waals surface area (Å²) in [5, 5.41) is 51.1. The zero-order chi connectivity index (χ0) is 89.3. The van der Waals surface area contributed by atoms with Crippen molar-refractivity contribution in [1.29, 1.82) is 0 Å². The molecule has 0 aliphatic carbocycles. The van der Waals surface area contributed by atoms with Crippen LogP contribution in [0.15, 0.2) is 0 Å². The maximum Gasteiger partial charge on any atom is 2.00 e. The van der Waals surface area contributed by atoms with Crippen molar-refractivity contribution in [2.45, 2.75) is 658 Å². The van der Waals surface area contributed by atoms with E-state index in [1.54, 1.807) is 0 Å². The molecule has 136 heavy (non-hydrogen) atoms. The molecule has 0 aromatic heterocycles. The third kappa shape index (κ3) is 234. The second-order valence-corrected chi connectivity index (χ2v) is 36.6. The standard InChI is InChI=1S/6C18H36O2.16Mg/c6*1-2-3-4-5-6-7-8-9-10-11-12-13-14-15-16-17-18(19)20;;;;;;;;;;;;;;;;/h6*2-17H2,1H3,(H,19,20);;;;;;;;;;;;;;;;/q;;;;;;16*+2. The summed E-state index contributed by atoms with van der Waals surface area (Å²) in [6.45, 7) is 13.6. The van der Waals surface area contributed by atoms with Crippen LogP contribution in [0, 0.1) is 0 Å². The second-order valence-electron chi connectivity index (χ2n) is 36.6. The summed E-state index contributed by atoms with van der Waals surface area (Å²) in [6.07, 6.45) is 121. The summed E-state index contributed by atoms with van der Waals surface area (Å²) in [6, 6.07) is 0. The van der Waals surface area contributed by atoms with Crippen LogP contribution in [0.3, 0.4) is 0 Å². The fraction of sp³-hybridized carbons (Fsp3) is 0.944. The first-order valence-corrected chi connectivity index (χ1v) is 53.9. The van der Waals surface area contributed by atoms with Crippen LogP contribution >= 0.6 is 0 Å². The van der Waals surface area contributed by atoms with Crippen molar-refractivity contribution in [2.75, 3.05) is 0 Å². The van der Waals surface area contributed by atoms with Gasteiger partial charge in [-0.1, -0.05) is 581 Å². The molecule has 0 radical (unpaired) electrons. The van der Waals surface area contributed by atoms with E-state index in [0.717, 1.165) is 77.0 Å². The quantitative estimate of drug-likeness (QED) is 0.0247. The summed E-state index contributed by atoms with van der Waals surface area (Å²) in [7, 11) is 0. The van der Waals surface area contributed by atoms with Gasteiger partial charge in [-0.25, -0.2) is 0 Å². The first-order valence-electron chi connectivity index (χ1n) is 53.9. The number of hydrogen-bond acceptors (Lipinski definition) is 6. The first kappa shape index (κ1) is 199. The van der Waals surface area contributed by atoms with Gasteiger partial charge in [0.25, 0.3) is 0 Å². The third-order valence-electron chi connectivity index (χ3n) is 24.0. The number of rotatable bonds is 96. The van der Waals surface area contributed by atoms with Crippen LogP contribution < -0.4 is 0 Å². The Bertz CT molecular complexity index is 1620. The van der Waals surface area contributed by atoms with Crippen LogP contribution in [-0.4, -0.2) is 435 Å². The van der Waals surface area contributed by atoms with Gasteiger partial charge >= 0.3 is 405 Å². The van der Waals surface area contributed by atoms with Crippen LogP contribution in [0.5, 0.6) is 0 Å². The third-order valence-corrected chi connectivity index (χ3v) is 24.0. The zero-order valence-corrected chi connectivity index (χ0v) is 116. The van der Waals surface area contributed by atoms with Gasteiger partial charge in [0, 0.05) is 38.5 Å². The molecular formula is C108H216Mg16O12+32. The molecule has 0 atom stereocenters. The normalized spacial score (nSPS) is 9.57. The Kier molecular flexibility index (Phi) is 285. The number of hydrogen-bond donors (Lipinski definition) is 6. The smallest absolute Gasteiger partial charge is 0.481 e. The molecule has 0 saturated heterocycles. The average molecular weight is 2100 g/mol. The van der Waals surface area contributed by atoms with E-state index in [1.807, 2.05) is 0 Å². The fourth-order valence-corrected chi connectivity index (χ4v) is 15.9. The largest absolute Gasteiger partial charge is 2.00 e. The van der Waals surface area contributed by atoms with Crippen molar-refractivity contribution in [3.8, 4) is 0 Å². The van der Waals surface area contributed by atoms with Crippen LogP contribution in [-0.2, 0) is 28.8 Å². The fourth-order valence-electron chi connectivity index (χ4n) is 15.9. The van der Waals surface area contributed by atoms with Gasteiger partial charge in [-0.3, -0.25) is 28.8 Å². The van der Waals surface area contributed by atoms with Gasteiger partial charge in [0.1, 0.15) is 0 Å². The van der Waals surface area contributed by atoms with E-state index in [9.17, 15) is 28.8 Å². The Labute approximate surface area is 1100 Å². The Balaban J connectivity index is -0.0000000560. The molecule has 0 aromatic carbocycles. The predicted octanol–water partition coefficient (Wildman–Crippen LogP) is 31.9. The van der Waals surface area contributed by atoms with E-state index >= 15 is 0 Å². The van der Waals surface area contributed by atoms with Gasteiger partial charge < -0.3 is 30.6 Å². The van der Waals surface area contributed by atoms with Gasteiger partial charge in [0.2, 0.25) is 0 Å². The number of unbranched alkanes of at least 4 members (excludes halogenated alkanes) is 84. The molecule has 12 nitrogen and oxygen atoms in total. The molecule has 28 heteroatoms. The monoisotopic (exact) mass is 2090 g/mol. The Morgan fingerprint density at radius 3 is 0.184 bits per heavy atom. The molecular weight excluding hydrogens is 1880 g/mol. The second kappa shape index (κ2) is 195. The van der Waals surface area contributed by atoms with E-state index in [2.05, 4.69) is 41.5 Å². The number of carboxylic acid groups (broad SMARTS) is 6. The molecule has 720 valence electrons. The van der Waals surface area contributed by atoms with Crippen LogP contribution in [0.4, 0.5) is 0 Å². The van der Waals surface area contributed by atoms with E-state index in [1.165, 1.54) is 501 Å². The molecule has 0 aromatic rings. The molecule has 0 heterocycles. The summed E-state index contributed by atoms with van der Waals surface area (Å²) in [5.41, 5.74) is 0. The van der Waals surface area contributed by atoms with Crippen LogP contribution in [0.1, 0.15) is 658 Å². The Hall–Kier alpha value is 9.08. The van der Waals surface area contributed by atoms with E-state index in [0.29, 0.717) is 38.5 Å². The molecule has 0 rings (SSSR count).